The van der Waals surface area contributed by atoms with Crippen molar-refractivity contribution in [2.75, 3.05) is 17.2 Å². The second kappa shape index (κ2) is 7.12. The van der Waals surface area contributed by atoms with Crippen LogP contribution in [0, 0.1) is 0 Å². The molecule has 2 heterocycles. The van der Waals surface area contributed by atoms with E-state index >= 15 is 0 Å². The highest BCUT2D eigenvalue weighted by Gasteiger charge is 2.08. The highest BCUT2D eigenvalue weighted by Crippen LogP contribution is 2.22. The number of nitrogens with one attached hydrogen (secondary N) is 4. The van der Waals surface area contributed by atoms with Gasteiger partial charge in [-0.1, -0.05) is 24.3 Å². The molecule has 5 rings (SSSR count). The van der Waals surface area contributed by atoms with Gasteiger partial charge in [-0.3, -0.25) is 10.1 Å². The third-order valence-electron chi connectivity index (χ3n) is 4.65. The number of rotatable bonds is 5. The predicted octanol–water partition coefficient (Wildman–Crippen LogP) is 4.16. The van der Waals surface area contributed by atoms with Crippen molar-refractivity contribution in [1.82, 2.24) is 19.9 Å². The molecule has 0 fully saturated rings. The molecule has 0 bridgehead atoms. The predicted molar refractivity (Wildman–Crippen MR) is 115 cm³/mol. The molecule has 7 heteroatoms. The van der Waals surface area contributed by atoms with E-state index in [1.54, 1.807) is 0 Å². The number of benzene rings is 3. The standard InChI is InChI=1S/C22H18N6O/c29-20(28-22-26-18-7-3-4-8-19(18)27-22)13-23-15-11-9-14(10-12-15)21-24-16-5-1-2-6-17(16)25-21/h1-12,23H,13H2,(H,24,25)(H2,26,27,28,29). The number of para-hydroxylation sites is 4. The number of H-pyrrole nitrogens is 2. The number of anilines is 2. The average Bonchev–Trinajstić information content (AvgIpc) is 3.36. The van der Waals surface area contributed by atoms with Crippen molar-refractivity contribution >= 4 is 39.6 Å². The van der Waals surface area contributed by atoms with Crippen LogP contribution in [0.4, 0.5) is 11.6 Å². The molecule has 0 spiro atoms. The first-order valence-electron chi connectivity index (χ1n) is 9.28. The van der Waals surface area contributed by atoms with Gasteiger partial charge in [-0.05, 0) is 48.5 Å². The van der Waals surface area contributed by atoms with Crippen LogP contribution in [0.5, 0.6) is 0 Å². The minimum atomic E-state index is -0.176. The van der Waals surface area contributed by atoms with Crippen LogP contribution in [-0.2, 0) is 4.79 Å². The van der Waals surface area contributed by atoms with E-state index in [9.17, 15) is 4.79 Å². The summed E-state index contributed by atoms with van der Waals surface area (Å²) < 4.78 is 0. The van der Waals surface area contributed by atoms with Crippen LogP contribution in [0.3, 0.4) is 0 Å². The molecule has 142 valence electrons. The maximum Gasteiger partial charge on any atom is 0.245 e. The number of carbonyl (C=O) groups excluding carboxylic acids is 1. The van der Waals surface area contributed by atoms with Crippen molar-refractivity contribution in [3.8, 4) is 11.4 Å². The van der Waals surface area contributed by atoms with Crippen LogP contribution in [0.2, 0.25) is 0 Å². The molecule has 3 aromatic carbocycles. The Bertz CT molecular complexity index is 1240. The van der Waals surface area contributed by atoms with Crippen molar-refractivity contribution in [2.45, 2.75) is 0 Å². The number of aromatic amines is 2. The maximum absolute atomic E-state index is 12.2. The molecule has 2 aromatic heterocycles. The summed E-state index contributed by atoms with van der Waals surface area (Å²) in [6.07, 6.45) is 0. The van der Waals surface area contributed by atoms with Gasteiger partial charge in [-0.2, -0.15) is 0 Å². The van der Waals surface area contributed by atoms with E-state index in [4.69, 9.17) is 0 Å². The topological polar surface area (TPSA) is 98.5 Å². The summed E-state index contributed by atoms with van der Waals surface area (Å²) in [6, 6.07) is 23.4. The van der Waals surface area contributed by atoms with Crippen molar-refractivity contribution in [1.29, 1.82) is 0 Å². The van der Waals surface area contributed by atoms with Crippen LogP contribution in [0.25, 0.3) is 33.5 Å². The zero-order chi connectivity index (χ0) is 19.6. The van der Waals surface area contributed by atoms with Gasteiger partial charge in [0.15, 0.2) is 0 Å². The molecule has 0 saturated carbocycles. The fraction of sp³-hybridized carbons (Fsp3) is 0.0455. The van der Waals surface area contributed by atoms with E-state index in [2.05, 4.69) is 30.6 Å². The van der Waals surface area contributed by atoms with Crippen molar-refractivity contribution in [2.24, 2.45) is 0 Å². The van der Waals surface area contributed by atoms with Gasteiger partial charge in [0.1, 0.15) is 5.82 Å². The Kier molecular flexibility index (Phi) is 4.18. The molecule has 5 aromatic rings. The molecule has 4 N–H and O–H groups in total. The molecule has 0 aliphatic rings. The number of nitrogens with zero attached hydrogens (tertiary/aromatic N) is 2. The quantitative estimate of drug-likeness (QED) is 0.367. The second-order valence-corrected chi connectivity index (χ2v) is 6.68. The van der Waals surface area contributed by atoms with Gasteiger partial charge in [-0.15, -0.1) is 0 Å². The number of imidazole rings is 2. The molecule has 0 saturated heterocycles. The lowest BCUT2D eigenvalue weighted by atomic mass is 10.2. The van der Waals surface area contributed by atoms with E-state index in [0.29, 0.717) is 5.95 Å². The minimum absolute atomic E-state index is 0.140. The summed E-state index contributed by atoms with van der Waals surface area (Å²) in [4.78, 5) is 27.5. The number of amides is 1. The first kappa shape index (κ1) is 17.0. The minimum Gasteiger partial charge on any atom is -0.376 e. The van der Waals surface area contributed by atoms with Crippen LogP contribution in [-0.4, -0.2) is 32.4 Å². The SMILES string of the molecule is O=C(CNc1ccc(-c2nc3ccccc3[nH]2)cc1)Nc1nc2ccccc2[nH]1. The summed E-state index contributed by atoms with van der Waals surface area (Å²) in [6.45, 7) is 0.140. The van der Waals surface area contributed by atoms with Crippen LogP contribution < -0.4 is 10.6 Å². The molecule has 7 nitrogen and oxygen atoms in total. The van der Waals surface area contributed by atoms with Crippen molar-refractivity contribution < 1.29 is 4.79 Å². The third-order valence-corrected chi connectivity index (χ3v) is 4.65. The Morgan fingerprint density at radius 3 is 2.14 bits per heavy atom. The molecule has 1 amide bonds. The summed E-state index contributed by atoms with van der Waals surface area (Å²) >= 11 is 0. The van der Waals surface area contributed by atoms with E-state index in [1.165, 1.54) is 0 Å². The fourth-order valence-corrected chi connectivity index (χ4v) is 3.21. The Morgan fingerprint density at radius 2 is 1.45 bits per heavy atom. The lowest BCUT2D eigenvalue weighted by molar-refractivity contribution is -0.114. The van der Waals surface area contributed by atoms with E-state index in [-0.39, 0.29) is 12.5 Å². The smallest absolute Gasteiger partial charge is 0.245 e. The zero-order valence-electron chi connectivity index (χ0n) is 15.4. The van der Waals surface area contributed by atoms with Gasteiger partial charge >= 0.3 is 0 Å². The third kappa shape index (κ3) is 3.53. The number of hydrogen-bond donors (Lipinski definition) is 4. The molecule has 0 atom stereocenters. The first-order chi connectivity index (χ1) is 14.2. The normalized spacial score (nSPS) is 11.0. The number of fused-ring (bicyclic) bond motifs is 2. The molecule has 0 aliphatic carbocycles. The summed E-state index contributed by atoms with van der Waals surface area (Å²) in [7, 11) is 0. The molecule has 0 radical (unpaired) electrons. The van der Waals surface area contributed by atoms with Crippen molar-refractivity contribution in [3.63, 3.8) is 0 Å². The summed E-state index contributed by atoms with van der Waals surface area (Å²) in [5, 5.41) is 5.89. The summed E-state index contributed by atoms with van der Waals surface area (Å²) in [5.41, 5.74) is 5.48. The van der Waals surface area contributed by atoms with E-state index in [1.807, 2.05) is 72.8 Å². The van der Waals surface area contributed by atoms with Crippen LogP contribution >= 0.6 is 0 Å². The monoisotopic (exact) mass is 382 g/mol. The maximum atomic E-state index is 12.2. The molecule has 29 heavy (non-hydrogen) atoms. The van der Waals surface area contributed by atoms with Gasteiger partial charge in [-0.25, -0.2) is 9.97 Å². The Hall–Kier alpha value is -4.13. The molecular weight excluding hydrogens is 364 g/mol. The Morgan fingerprint density at radius 1 is 0.793 bits per heavy atom. The highest BCUT2D eigenvalue weighted by atomic mass is 16.2. The Balaban J connectivity index is 1.22. The first-order valence-corrected chi connectivity index (χ1v) is 9.28. The van der Waals surface area contributed by atoms with E-state index < -0.39 is 0 Å². The lowest BCUT2D eigenvalue weighted by Gasteiger charge is -2.07. The van der Waals surface area contributed by atoms with Gasteiger partial charge in [0.05, 0.1) is 28.6 Å². The zero-order valence-corrected chi connectivity index (χ0v) is 15.4. The average molecular weight is 382 g/mol. The van der Waals surface area contributed by atoms with Gasteiger partial charge in [0, 0.05) is 11.3 Å². The van der Waals surface area contributed by atoms with Gasteiger partial charge in [0.25, 0.3) is 0 Å². The van der Waals surface area contributed by atoms with Gasteiger partial charge < -0.3 is 15.3 Å². The highest BCUT2D eigenvalue weighted by molar-refractivity contribution is 5.93. The molecule has 0 aliphatic heterocycles. The number of hydrogen-bond acceptors (Lipinski definition) is 4. The van der Waals surface area contributed by atoms with Crippen LogP contribution in [0.1, 0.15) is 0 Å². The number of carbonyl (C=O) groups is 1. The van der Waals surface area contributed by atoms with Crippen LogP contribution in [0.15, 0.2) is 72.8 Å². The Labute approximate surface area is 166 Å². The second-order valence-electron chi connectivity index (χ2n) is 6.68. The fourth-order valence-electron chi connectivity index (χ4n) is 3.21. The number of aromatic nitrogens is 4. The van der Waals surface area contributed by atoms with Crippen molar-refractivity contribution in [3.05, 3.63) is 72.8 Å². The largest absolute Gasteiger partial charge is 0.376 e. The van der Waals surface area contributed by atoms with Gasteiger partial charge in [0.2, 0.25) is 11.9 Å². The molecule has 0 unspecified atom stereocenters. The summed E-state index contributed by atoms with van der Waals surface area (Å²) in [5.74, 6) is 1.09. The van der Waals surface area contributed by atoms with E-state index in [0.717, 1.165) is 39.1 Å². The lowest BCUT2D eigenvalue weighted by Crippen LogP contribution is -2.22. The molecular formula is C22H18N6O.